The molecule has 1 rings (SSSR count). The molecule has 0 aromatic carbocycles. The smallest absolute Gasteiger partial charge is 0.309 e. The summed E-state index contributed by atoms with van der Waals surface area (Å²) in [6, 6.07) is 0.149. The van der Waals surface area contributed by atoms with Crippen molar-refractivity contribution in [1.29, 1.82) is 0 Å². The van der Waals surface area contributed by atoms with Gasteiger partial charge in [0.2, 0.25) is 0 Å². The van der Waals surface area contributed by atoms with Crippen molar-refractivity contribution in [3.63, 3.8) is 0 Å². The number of hydrogen-bond acceptors (Lipinski definition) is 3. The average Bonchev–Trinajstić information content (AvgIpc) is 2.06. The van der Waals surface area contributed by atoms with Crippen LogP contribution in [0.2, 0.25) is 0 Å². The van der Waals surface area contributed by atoms with Crippen molar-refractivity contribution in [2.75, 3.05) is 0 Å². The maximum Gasteiger partial charge on any atom is 0.309 e. The lowest BCUT2D eigenvalue weighted by atomic mass is 9.79. The van der Waals surface area contributed by atoms with Gasteiger partial charge >= 0.3 is 5.97 Å². The first-order valence-electron chi connectivity index (χ1n) is 5.78. The van der Waals surface area contributed by atoms with Gasteiger partial charge in [-0.15, -0.1) is 0 Å². The fraction of sp³-hybridized carbons (Fsp3) is 0.917. The predicted molar refractivity (Wildman–Crippen MR) is 60.3 cm³/mol. The molecule has 1 aliphatic carbocycles. The molecule has 0 aliphatic heterocycles. The van der Waals surface area contributed by atoms with E-state index in [9.17, 15) is 4.79 Å². The van der Waals surface area contributed by atoms with Gasteiger partial charge < -0.3 is 10.5 Å². The van der Waals surface area contributed by atoms with Crippen LogP contribution in [0.25, 0.3) is 0 Å². The van der Waals surface area contributed by atoms with Crippen LogP contribution in [0.3, 0.4) is 0 Å². The number of carbonyl (C=O) groups excluding carboxylic acids is 1. The molecule has 0 amide bonds. The van der Waals surface area contributed by atoms with Crippen LogP contribution in [0.1, 0.15) is 47.0 Å². The molecule has 0 bridgehead atoms. The van der Waals surface area contributed by atoms with Gasteiger partial charge in [0.05, 0.1) is 5.92 Å². The standard InChI is InChI=1S/C12H23NO2/c1-8-5-6-9(7-10(8)13)11(14)15-12(2,3)4/h8-10H,5-7,13H2,1-4H3. The van der Waals surface area contributed by atoms with E-state index in [1.807, 2.05) is 20.8 Å². The lowest BCUT2D eigenvalue weighted by Crippen LogP contribution is -2.39. The molecule has 0 spiro atoms. The second-order valence-corrected chi connectivity index (χ2v) is 5.68. The molecule has 3 nitrogen and oxygen atoms in total. The van der Waals surface area contributed by atoms with Crippen molar-refractivity contribution in [3.05, 3.63) is 0 Å². The first kappa shape index (κ1) is 12.5. The SMILES string of the molecule is CC1CCC(C(=O)OC(C)(C)C)CC1N. The Kier molecular flexibility index (Phi) is 3.77. The number of rotatable bonds is 1. The highest BCUT2D eigenvalue weighted by atomic mass is 16.6. The Labute approximate surface area is 92.4 Å². The second-order valence-electron chi connectivity index (χ2n) is 5.68. The Morgan fingerprint density at radius 3 is 2.40 bits per heavy atom. The topological polar surface area (TPSA) is 52.3 Å². The molecular weight excluding hydrogens is 190 g/mol. The maximum absolute atomic E-state index is 11.8. The van der Waals surface area contributed by atoms with Crippen molar-refractivity contribution >= 4 is 5.97 Å². The van der Waals surface area contributed by atoms with Crippen molar-refractivity contribution in [1.82, 2.24) is 0 Å². The molecule has 1 fully saturated rings. The monoisotopic (exact) mass is 213 g/mol. The third-order valence-electron chi connectivity index (χ3n) is 3.00. The molecule has 3 heteroatoms. The number of nitrogens with two attached hydrogens (primary N) is 1. The molecule has 3 unspecified atom stereocenters. The minimum Gasteiger partial charge on any atom is -0.460 e. The quantitative estimate of drug-likeness (QED) is 0.679. The largest absolute Gasteiger partial charge is 0.460 e. The van der Waals surface area contributed by atoms with E-state index in [1.165, 1.54) is 0 Å². The molecule has 0 radical (unpaired) electrons. The summed E-state index contributed by atoms with van der Waals surface area (Å²) >= 11 is 0. The van der Waals surface area contributed by atoms with Crippen LogP contribution >= 0.6 is 0 Å². The van der Waals surface area contributed by atoms with E-state index < -0.39 is 0 Å². The first-order chi connectivity index (χ1) is 6.79. The van der Waals surface area contributed by atoms with Gasteiger partial charge in [0.15, 0.2) is 0 Å². The molecule has 0 aromatic rings. The van der Waals surface area contributed by atoms with E-state index in [-0.39, 0.29) is 23.5 Å². The Bertz CT molecular complexity index is 232. The molecule has 3 atom stereocenters. The van der Waals surface area contributed by atoms with Gasteiger partial charge in [-0.05, 0) is 46.0 Å². The van der Waals surface area contributed by atoms with Crippen molar-refractivity contribution in [2.24, 2.45) is 17.6 Å². The molecule has 0 saturated heterocycles. The minimum atomic E-state index is -0.385. The third-order valence-corrected chi connectivity index (χ3v) is 3.00. The molecule has 88 valence electrons. The second kappa shape index (κ2) is 4.52. The summed E-state index contributed by atoms with van der Waals surface area (Å²) in [5.74, 6) is 0.462. The third kappa shape index (κ3) is 3.82. The average molecular weight is 213 g/mol. The Morgan fingerprint density at radius 2 is 1.93 bits per heavy atom. The van der Waals surface area contributed by atoms with Crippen LogP contribution in [0.4, 0.5) is 0 Å². The zero-order valence-corrected chi connectivity index (χ0v) is 10.2. The number of hydrogen-bond donors (Lipinski definition) is 1. The van der Waals surface area contributed by atoms with Gasteiger partial charge in [-0.25, -0.2) is 0 Å². The van der Waals surface area contributed by atoms with Crippen molar-refractivity contribution in [3.8, 4) is 0 Å². The molecule has 2 N–H and O–H groups in total. The van der Waals surface area contributed by atoms with Gasteiger partial charge in [-0.2, -0.15) is 0 Å². The minimum absolute atomic E-state index is 0.00965. The predicted octanol–water partition coefficient (Wildman–Crippen LogP) is 2.09. The van der Waals surface area contributed by atoms with Gasteiger partial charge in [-0.3, -0.25) is 4.79 Å². The number of ether oxygens (including phenoxy) is 1. The molecule has 1 saturated carbocycles. The van der Waals surface area contributed by atoms with Crippen LogP contribution in [-0.2, 0) is 9.53 Å². The van der Waals surface area contributed by atoms with E-state index in [0.29, 0.717) is 5.92 Å². The van der Waals surface area contributed by atoms with Crippen LogP contribution in [0, 0.1) is 11.8 Å². The number of carbonyl (C=O) groups is 1. The summed E-state index contributed by atoms with van der Waals surface area (Å²) in [5.41, 5.74) is 5.58. The fourth-order valence-electron chi connectivity index (χ4n) is 1.96. The molecule has 15 heavy (non-hydrogen) atoms. The summed E-state index contributed by atoms with van der Waals surface area (Å²) in [6.45, 7) is 7.85. The van der Waals surface area contributed by atoms with Gasteiger partial charge in [0.25, 0.3) is 0 Å². The zero-order chi connectivity index (χ0) is 11.6. The molecular formula is C12H23NO2. The highest BCUT2D eigenvalue weighted by Gasteiger charge is 2.32. The van der Waals surface area contributed by atoms with E-state index in [2.05, 4.69) is 6.92 Å². The van der Waals surface area contributed by atoms with Crippen molar-refractivity contribution < 1.29 is 9.53 Å². The van der Waals surface area contributed by atoms with E-state index in [0.717, 1.165) is 19.3 Å². The zero-order valence-electron chi connectivity index (χ0n) is 10.2. The Balaban J connectivity index is 2.48. The molecule has 0 heterocycles. The van der Waals surface area contributed by atoms with Crippen LogP contribution in [0.15, 0.2) is 0 Å². The number of esters is 1. The normalized spacial score (nSPS) is 32.5. The molecule has 1 aliphatic rings. The van der Waals surface area contributed by atoms with E-state index >= 15 is 0 Å². The Hall–Kier alpha value is -0.570. The summed E-state index contributed by atoms with van der Waals surface area (Å²) in [6.07, 6.45) is 2.73. The lowest BCUT2D eigenvalue weighted by molar-refractivity contribution is -0.161. The van der Waals surface area contributed by atoms with Crippen molar-refractivity contribution in [2.45, 2.75) is 58.6 Å². The summed E-state index contributed by atoms with van der Waals surface area (Å²) in [7, 11) is 0. The highest BCUT2D eigenvalue weighted by Crippen LogP contribution is 2.29. The first-order valence-corrected chi connectivity index (χ1v) is 5.78. The summed E-state index contributed by atoms with van der Waals surface area (Å²) < 4.78 is 5.37. The van der Waals surface area contributed by atoms with E-state index in [4.69, 9.17) is 10.5 Å². The summed E-state index contributed by atoms with van der Waals surface area (Å²) in [5, 5.41) is 0. The Morgan fingerprint density at radius 1 is 1.33 bits per heavy atom. The fourth-order valence-corrected chi connectivity index (χ4v) is 1.96. The van der Waals surface area contributed by atoms with Crippen LogP contribution in [0.5, 0.6) is 0 Å². The van der Waals surface area contributed by atoms with Crippen LogP contribution < -0.4 is 5.73 Å². The molecule has 0 aromatic heterocycles. The maximum atomic E-state index is 11.8. The van der Waals surface area contributed by atoms with Gasteiger partial charge in [0.1, 0.15) is 5.60 Å². The summed E-state index contributed by atoms with van der Waals surface area (Å²) in [4.78, 5) is 11.8. The van der Waals surface area contributed by atoms with Gasteiger partial charge in [-0.1, -0.05) is 6.92 Å². The highest BCUT2D eigenvalue weighted by molar-refractivity contribution is 5.73. The van der Waals surface area contributed by atoms with Gasteiger partial charge in [0, 0.05) is 6.04 Å². The van der Waals surface area contributed by atoms with E-state index in [1.54, 1.807) is 0 Å². The van der Waals surface area contributed by atoms with Crippen LogP contribution in [-0.4, -0.2) is 17.6 Å². The lowest BCUT2D eigenvalue weighted by Gasteiger charge is -2.32.